The molecule has 0 bridgehead atoms. The van der Waals surface area contributed by atoms with Crippen LogP contribution < -0.4 is 0 Å². The fourth-order valence-corrected chi connectivity index (χ4v) is 1.12. The Morgan fingerprint density at radius 3 is 2.73 bits per heavy atom. The Bertz CT molecular complexity index is 215. The zero-order valence-corrected chi connectivity index (χ0v) is 6.66. The maximum Gasteiger partial charge on any atom is 0.195 e. The Hall–Kier alpha value is -1.12. The van der Waals surface area contributed by atoms with Crippen molar-refractivity contribution in [1.29, 1.82) is 0 Å². The second-order valence-corrected chi connectivity index (χ2v) is 2.71. The molecule has 2 N–H and O–H groups in total. The lowest BCUT2D eigenvalue weighted by atomic mass is 9.99. The number of aliphatic hydroxyl groups is 2. The minimum absolute atomic E-state index is 0.0828. The van der Waals surface area contributed by atoms with Gasteiger partial charge < -0.3 is 14.9 Å². The number of ether oxygens (including phenoxy) is 1. The molecule has 0 radical (unpaired) electrons. The van der Waals surface area contributed by atoms with Crippen LogP contribution in [-0.2, 0) is 4.74 Å². The number of methoxy groups -OCH3 is 1. The molecule has 0 amide bonds. The molecule has 1 rings (SSSR count). The average Bonchev–Trinajstić information content (AvgIpc) is 1.96. The van der Waals surface area contributed by atoms with Crippen molar-refractivity contribution in [2.45, 2.75) is 13.3 Å². The van der Waals surface area contributed by atoms with Crippen molar-refractivity contribution in [2.24, 2.45) is 5.92 Å². The van der Waals surface area contributed by atoms with E-state index >= 15 is 0 Å². The summed E-state index contributed by atoms with van der Waals surface area (Å²) in [5.41, 5.74) is 0. The van der Waals surface area contributed by atoms with Gasteiger partial charge in [-0.1, -0.05) is 6.92 Å². The minimum Gasteiger partial charge on any atom is -0.504 e. The molecule has 3 nitrogen and oxygen atoms in total. The Kier molecular flexibility index (Phi) is 2.08. The highest BCUT2D eigenvalue weighted by molar-refractivity contribution is 5.26. The summed E-state index contributed by atoms with van der Waals surface area (Å²) in [5.74, 6) is 0.463. The Balaban J connectivity index is 2.90. The molecule has 0 aromatic carbocycles. The molecule has 1 unspecified atom stereocenters. The van der Waals surface area contributed by atoms with Crippen LogP contribution in [0.1, 0.15) is 13.3 Å². The molecule has 0 saturated heterocycles. The second kappa shape index (κ2) is 2.86. The quantitative estimate of drug-likeness (QED) is 0.609. The number of hydrogen-bond donors (Lipinski definition) is 2. The first kappa shape index (κ1) is 7.98. The molecule has 3 heteroatoms. The van der Waals surface area contributed by atoms with Crippen LogP contribution in [0.3, 0.4) is 0 Å². The lowest BCUT2D eigenvalue weighted by Crippen LogP contribution is -2.08. The Morgan fingerprint density at radius 1 is 1.55 bits per heavy atom. The SMILES string of the molecule is COC1=C(O)C(O)=CC(C)C1. The minimum atomic E-state index is -0.134. The van der Waals surface area contributed by atoms with Crippen molar-refractivity contribution in [2.75, 3.05) is 7.11 Å². The van der Waals surface area contributed by atoms with Crippen molar-refractivity contribution >= 4 is 0 Å². The lowest BCUT2D eigenvalue weighted by Gasteiger charge is -2.17. The van der Waals surface area contributed by atoms with Crippen LogP contribution in [0.25, 0.3) is 0 Å². The zero-order valence-electron chi connectivity index (χ0n) is 6.66. The van der Waals surface area contributed by atoms with Crippen molar-refractivity contribution < 1.29 is 14.9 Å². The van der Waals surface area contributed by atoms with Crippen LogP contribution in [0.2, 0.25) is 0 Å². The highest BCUT2D eigenvalue weighted by atomic mass is 16.5. The third-order valence-electron chi connectivity index (χ3n) is 1.70. The number of rotatable bonds is 1. The standard InChI is InChI=1S/C8H12O3/c1-5-3-6(9)8(10)7(4-5)11-2/h3,5,9-10H,4H2,1-2H3. The van der Waals surface area contributed by atoms with E-state index in [-0.39, 0.29) is 17.4 Å². The molecule has 0 spiro atoms. The highest BCUT2D eigenvalue weighted by Gasteiger charge is 2.19. The summed E-state index contributed by atoms with van der Waals surface area (Å²) in [5, 5.41) is 18.3. The summed E-state index contributed by atoms with van der Waals surface area (Å²) in [6.45, 7) is 1.95. The predicted octanol–water partition coefficient (Wildman–Crippen LogP) is 1.88. The van der Waals surface area contributed by atoms with Crippen molar-refractivity contribution in [3.63, 3.8) is 0 Å². The van der Waals surface area contributed by atoms with Gasteiger partial charge in [0.05, 0.1) is 7.11 Å². The normalized spacial score (nSPS) is 24.9. The Labute approximate surface area is 65.6 Å². The van der Waals surface area contributed by atoms with Crippen LogP contribution in [-0.4, -0.2) is 17.3 Å². The van der Waals surface area contributed by atoms with E-state index in [1.165, 1.54) is 7.11 Å². The van der Waals surface area contributed by atoms with E-state index in [1.54, 1.807) is 6.08 Å². The molecule has 0 fully saturated rings. The predicted molar refractivity (Wildman–Crippen MR) is 41.2 cm³/mol. The molecule has 11 heavy (non-hydrogen) atoms. The summed E-state index contributed by atoms with van der Waals surface area (Å²) < 4.78 is 4.87. The maximum absolute atomic E-state index is 9.19. The summed E-state index contributed by atoms with van der Waals surface area (Å²) in [6, 6.07) is 0. The summed E-state index contributed by atoms with van der Waals surface area (Å²) in [7, 11) is 1.48. The molecule has 0 aromatic rings. The fourth-order valence-electron chi connectivity index (χ4n) is 1.12. The summed E-state index contributed by atoms with van der Waals surface area (Å²) >= 11 is 0. The third kappa shape index (κ3) is 1.48. The largest absolute Gasteiger partial charge is 0.504 e. The van der Waals surface area contributed by atoms with Gasteiger partial charge in [0, 0.05) is 6.42 Å². The molecule has 0 saturated carbocycles. The van der Waals surface area contributed by atoms with Gasteiger partial charge in [0.2, 0.25) is 0 Å². The van der Waals surface area contributed by atoms with Gasteiger partial charge >= 0.3 is 0 Å². The second-order valence-electron chi connectivity index (χ2n) is 2.71. The summed E-state index contributed by atoms with van der Waals surface area (Å²) in [4.78, 5) is 0. The maximum atomic E-state index is 9.19. The van der Waals surface area contributed by atoms with E-state index in [9.17, 15) is 5.11 Å². The number of aliphatic hydroxyl groups excluding tert-OH is 2. The van der Waals surface area contributed by atoms with Crippen LogP contribution in [0.5, 0.6) is 0 Å². The first-order chi connectivity index (χ1) is 5.15. The molecule has 1 aliphatic rings. The first-order valence-electron chi connectivity index (χ1n) is 3.52. The third-order valence-corrected chi connectivity index (χ3v) is 1.70. The molecular formula is C8H12O3. The van der Waals surface area contributed by atoms with Crippen molar-refractivity contribution in [3.05, 3.63) is 23.4 Å². The van der Waals surface area contributed by atoms with Gasteiger partial charge in [0.15, 0.2) is 11.5 Å². The van der Waals surface area contributed by atoms with Crippen LogP contribution in [0, 0.1) is 5.92 Å². The van der Waals surface area contributed by atoms with Gasteiger partial charge in [-0.05, 0) is 12.0 Å². The van der Waals surface area contributed by atoms with E-state index in [2.05, 4.69) is 0 Å². The molecule has 0 aromatic heterocycles. The molecular weight excluding hydrogens is 144 g/mol. The lowest BCUT2D eigenvalue weighted by molar-refractivity contribution is 0.212. The molecule has 1 aliphatic carbocycles. The molecule has 1 atom stereocenters. The van der Waals surface area contributed by atoms with Gasteiger partial charge in [-0.15, -0.1) is 0 Å². The van der Waals surface area contributed by atoms with E-state index in [1.807, 2.05) is 6.92 Å². The average molecular weight is 156 g/mol. The fraction of sp³-hybridized carbons (Fsp3) is 0.500. The topological polar surface area (TPSA) is 49.7 Å². The van der Waals surface area contributed by atoms with Crippen molar-refractivity contribution in [3.8, 4) is 0 Å². The monoisotopic (exact) mass is 156 g/mol. The van der Waals surface area contributed by atoms with E-state index < -0.39 is 0 Å². The van der Waals surface area contributed by atoms with E-state index in [4.69, 9.17) is 9.84 Å². The first-order valence-corrected chi connectivity index (χ1v) is 3.52. The number of hydrogen-bond acceptors (Lipinski definition) is 3. The number of allylic oxidation sites excluding steroid dienone is 2. The smallest absolute Gasteiger partial charge is 0.195 e. The molecule has 0 heterocycles. The van der Waals surface area contributed by atoms with Crippen molar-refractivity contribution in [1.82, 2.24) is 0 Å². The van der Waals surface area contributed by atoms with E-state index in [0.717, 1.165) is 0 Å². The molecule has 62 valence electrons. The van der Waals surface area contributed by atoms with Gasteiger partial charge in [0.1, 0.15) is 5.76 Å². The van der Waals surface area contributed by atoms with Gasteiger partial charge in [0.25, 0.3) is 0 Å². The zero-order chi connectivity index (χ0) is 8.43. The van der Waals surface area contributed by atoms with E-state index in [0.29, 0.717) is 12.2 Å². The summed E-state index contributed by atoms with van der Waals surface area (Å²) in [6.07, 6.45) is 2.25. The van der Waals surface area contributed by atoms with Crippen LogP contribution >= 0.6 is 0 Å². The van der Waals surface area contributed by atoms with Crippen LogP contribution in [0.4, 0.5) is 0 Å². The Morgan fingerprint density at radius 2 is 2.18 bits per heavy atom. The highest BCUT2D eigenvalue weighted by Crippen LogP contribution is 2.25. The van der Waals surface area contributed by atoms with Gasteiger partial charge in [-0.2, -0.15) is 0 Å². The van der Waals surface area contributed by atoms with Gasteiger partial charge in [-0.3, -0.25) is 0 Å². The van der Waals surface area contributed by atoms with Crippen LogP contribution in [0.15, 0.2) is 23.4 Å². The molecule has 0 aliphatic heterocycles. The van der Waals surface area contributed by atoms with Gasteiger partial charge in [-0.25, -0.2) is 0 Å².